The van der Waals surface area contributed by atoms with Crippen LogP contribution in [0.5, 0.6) is 0 Å². The maximum absolute atomic E-state index is 6.39. The molecule has 0 aromatic heterocycles. The molecule has 3 aromatic rings. The lowest BCUT2D eigenvalue weighted by atomic mass is 10.0. The molecule has 3 rings (SSSR count). The van der Waals surface area contributed by atoms with Gasteiger partial charge in [0.1, 0.15) is 0 Å². The topological polar surface area (TPSA) is 12.5 Å². The molecule has 0 heterocycles. The first-order valence-electron chi connectivity index (χ1n) is 9.18. The maximum Gasteiger partial charge on any atom is 0.0981 e. The van der Waals surface area contributed by atoms with Crippen molar-refractivity contribution in [3.8, 4) is 0 Å². The van der Waals surface area contributed by atoms with E-state index < -0.39 is 0 Å². The van der Waals surface area contributed by atoms with Crippen LogP contribution in [0.25, 0.3) is 0 Å². The van der Waals surface area contributed by atoms with Crippen molar-refractivity contribution in [2.24, 2.45) is 0 Å². The van der Waals surface area contributed by atoms with Crippen molar-refractivity contribution < 1.29 is 4.74 Å². The molecule has 0 spiro atoms. The van der Waals surface area contributed by atoms with E-state index in [1.165, 1.54) is 16.7 Å². The van der Waals surface area contributed by atoms with Gasteiger partial charge in [0.25, 0.3) is 0 Å². The van der Waals surface area contributed by atoms with E-state index in [9.17, 15) is 0 Å². The largest absolute Gasteiger partial charge is 0.367 e. The van der Waals surface area contributed by atoms with Gasteiger partial charge < -0.3 is 4.74 Å². The molecule has 1 unspecified atom stereocenters. The Balaban J connectivity index is 1.73. The molecule has 2 heteroatoms. The molecule has 134 valence electrons. The SMILES string of the molecule is CC([C@@H](OCc1ccccc1)c1ccccc1)N(C)Cc1ccccc1. The van der Waals surface area contributed by atoms with E-state index in [-0.39, 0.29) is 12.1 Å². The van der Waals surface area contributed by atoms with E-state index in [0.29, 0.717) is 6.61 Å². The lowest BCUT2D eigenvalue weighted by molar-refractivity contribution is -0.0156. The second kappa shape index (κ2) is 9.33. The van der Waals surface area contributed by atoms with Crippen LogP contribution < -0.4 is 0 Å². The fourth-order valence-corrected chi connectivity index (χ4v) is 3.16. The predicted molar refractivity (Wildman–Crippen MR) is 108 cm³/mol. The lowest BCUT2D eigenvalue weighted by Crippen LogP contribution is -2.35. The van der Waals surface area contributed by atoms with Crippen molar-refractivity contribution in [3.05, 3.63) is 108 Å². The van der Waals surface area contributed by atoms with Crippen LogP contribution >= 0.6 is 0 Å². The molecule has 2 nitrogen and oxygen atoms in total. The van der Waals surface area contributed by atoms with Gasteiger partial charge in [0.15, 0.2) is 0 Å². The molecule has 0 saturated carbocycles. The summed E-state index contributed by atoms with van der Waals surface area (Å²) in [5, 5.41) is 0. The molecule has 3 aromatic carbocycles. The molecule has 0 aliphatic rings. The smallest absolute Gasteiger partial charge is 0.0981 e. The third-order valence-electron chi connectivity index (χ3n) is 4.81. The highest BCUT2D eigenvalue weighted by Gasteiger charge is 2.23. The third-order valence-corrected chi connectivity index (χ3v) is 4.81. The monoisotopic (exact) mass is 345 g/mol. The minimum Gasteiger partial charge on any atom is -0.367 e. The summed E-state index contributed by atoms with van der Waals surface area (Å²) in [7, 11) is 2.17. The first-order chi connectivity index (χ1) is 12.7. The first kappa shape index (κ1) is 18.4. The Morgan fingerprint density at radius 1 is 0.731 bits per heavy atom. The van der Waals surface area contributed by atoms with Gasteiger partial charge in [0.2, 0.25) is 0 Å². The minimum absolute atomic E-state index is 0.0186. The van der Waals surface area contributed by atoms with Crippen LogP contribution in [0, 0.1) is 0 Å². The number of rotatable bonds is 8. The summed E-state index contributed by atoms with van der Waals surface area (Å²) in [4.78, 5) is 2.36. The molecule has 0 aliphatic heterocycles. The van der Waals surface area contributed by atoms with E-state index in [2.05, 4.69) is 104 Å². The fraction of sp³-hybridized carbons (Fsp3) is 0.250. The van der Waals surface area contributed by atoms with E-state index in [1.54, 1.807) is 0 Å². The maximum atomic E-state index is 6.39. The van der Waals surface area contributed by atoms with Crippen molar-refractivity contribution >= 4 is 0 Å². The van der Waals surface area contributed by atoms with Gasteiger partial charge in [-0.2, -0.15) is 0 Å². The number of benzene rings is 3. The molecular weight excluding hydrogens is 318 g/mol. The van der Waals surface area contributed by atoms with E-state index >= 15 is 0 Å². The van der Waals surface area contributed by atoms with E-state index in [1.807, 2.05) is 6.07 Å². The quantitative estimate of drug-likeness (QED) is 0.537. The summed E-state index contributed by atoms with van der Waals surface area (Å²) in [5.74, 6) is 0. The van der Waals surface area contributed by atoms with Gasteiger partial charge in [-0.05, 0) is 30.7 Å². The molecule has 0 fully saturated rings. The zero-order valence-electron chi connectivity index (χ0n) is 15.6. The van der Waals surface area contributed by atoms with Gasteiger partial charge in [0, 0.05) is 12.6 Å². The van der Waals surface area contributed by atoms with Gasteiger partial charge in [-0.15, -0.1) is 0 Å². The van der Waals surface area contributed by atoms with E-state index in [4.69, 9.17) is 4.74 Å². The molecule has 0 saturated heterocycles. The zero-order valence-corrected chi connectivity index (χ0v) is 15.6. The summed E-state index contributed by atoms with van der Waals surface area (Å²) in [6.07, 6.45) is 0.0186. The molecule has 0 bridgehead atoms. The van der Waals surface area contributed by atoms with Gasteiger partial charge >= 0.3 is 0 Å². The summed E-state index contributed by atoms with van der Waals surface area (Å²) < 4.78 is 6.39. The summed E-state index contributed by atoms with van der Waals surface area (Å²) in [5.41, 5.74) is 3.74. The van der Waals surface area contributed by atoms with Gasteiger partial charge in [-0.25, -0.2) is 0 Å². The van der Waals surface area contributed by atoms with Crippen molar-refractivity contribution in [2.45, 2.75) is 32.2 Å². The Kier molecular flexibility index (Phi) is 6.59. The summed E-state index contributed by atoms with van der Waals surface area (Å²) in [6, 6.07) is 31.7. The molecule has 0 aliphatic carbocycles. The molecule has 0 N–H and O–H groups in total. The summed E-state index contributed by atoms with van der Waals surface area (Å²) in [6.45, 7) is 3.76. The predicted octanol–water partition coefficient (Wildman–Crippen LogP) is 5.47. The molecule has 26 heavy (non-hydrogen) atoms. The normalized spacial score (nSPS) is 13.5. The van der Waals surface area contributed by atoms with Crippen LogP contribution in [0.3, 0.4) is 0 Å². The third kappa shape index (κ3) is 5.04. The highest BCUT2D eigenvalue weighted by atomic mass is 16.5. The number of ether oxygens (including phenoxy) is 1. The van der Waals surface area contributed by atoms with Gasteiger partial charge in [0.05, 0.1) is 12.7 Å². The van der Waals surface area contributed by atoms with Crippen molar-refractivity contribution in [3.63, 3.8) is 0 Å². The Bertz CT molecular complexity index is 758. The van der Waals surface area contributed by atoms with Crippen LogP contribution in [0.15, 0.2) is 91.0 Å². The average molecular weight is 345 g/mol. The van der Waals surface area contributed by atoms with Crippen LogP contribution in [0.1, 0.15) is 29.7 Å². The first-order valence-corrected chi connectivity index (χ1v) is 9.18. The molecule has 2 atom stereocenters. The van der Waals surface area contributed by atoms with Gasteiger partial charge in [-0.3, -0.25) is 4.90 Å². The number of hydrogen-bond donors (Lipinski definition) is 0. The van der Waals surface area contributed by atoms with Crippen LogP contribution in [0.2, 0.25) is 0 Å². The van der Waals surface area contributed by atoms with Crippen molar-refractivity contribution in [1.29, 1.82) is 0 Å². The Morgan fingerprint density at radius 2 is 1.23 bits per heavy atom. The van der Waals surface area contributed by atoms with Crippen molar-refractivity contribution in [2.75, 3.05) is 7.05 Å². The zero-order chi connectivity index (χ0) is 18.2. The number of hydrogen-bond acceptors (Lipinski definition) is 2. The lowest BCUT2D eigenvalue weighted by Gasteiger charge is -2.32. The Hall–Kier alpha value is -2.42. The van der Waals surface area contributed by atoms with Crippen LogP contribution in [-0.4, -0.2) is 18.0 Å². The fourth-order valence-electron chi connectivity index (χ4n) is 3.16. The summed E-state index contributed by atoms with van der Waals surface area (Å²) >= 11 is 0. The number of likely N-dealkylation sites (N-methyl/N-ethyl adjacent to an activating group) is 1. The number of nitrogens with zero attached hydrogens (tertiary/aromatic N) is 1. The molecule has 0 amide bonds. The van der Waals surface area contributed by atoms with Crippen molar-refractivity contribution in [1.82, 2.24) is 4.90 Å². The second-order valence-electron chi connectivity index (χ2n) is 6.77. The van der Waals surface area contributed by atoms with E-state index in [0.717, 1.165) is 6.54 Å². The standard InChI is InChI=1S/C24H27NO/c1-20(25(2)18-21-12-6-3-7-13-21)24(23-16-10-5-11-17-23)26-19-22-14-8-4-9-15-22/h3-17,20,24H,18-19H2,1-2H3/t20?,24-/m1/s1. The highest BCUT2D eigenvalue weighted by molar-refractivity contribution is 5.20. The van der Waals surface area contributed by atoms with Gasteiger partial charge in [-0.1, -0.05) is 91.0 Å². The Morgan fingerprint density at radius 3 is 1.81 bits per heavy atom. The molecule has 0 radical (unpaired) electrons. The Labute approximate surface area is 157 Å². The second-order valence-corrected chi connectivity index (χ2v) is 6.77. The highest BCUT2D eigenvalue weighted by Crippen LogP contribution is 2.26. The molecular formula is C24H27NO. The van der Waals surface area contributed by atoms with Crippen LogP contribution in [-0.2, 0) is 17.9 Å². The average Bonchev–Trinajstić information content (AvgIpc) is 2.70. The minimum atomic E-state index is 0.0186. The van der Waals surface area contributed by atoms with Crippen LogP contribution in [0.4, 0.5) is 0 Å².